The summed E-state index contributed by atoms with van der Waals surface area (Å²) in [6.07, 6.45) is 6.92. The fourth-order valence-corrected chi connectivity index (χ4v) is 5.94. The standard InChI is InChI=1S/C27H28N6O5S2/c1-37-20-8-6-19(7-9-20)24-30-31-26(33(24)16-21-5-3-13-38-21)39-17-23(34)29-11-12-32-25(35)22(40-27(32)36)14-18-4-2-10-28-15-18/h2,4,6-10,14-15,21H,3,5,11-13,16-17H2,1H3,(H,29,34). The van der Waals surface area contributed by atoms with Crippen molar-refractivity contribution in [2.45, 2.75) is 30.6 Å². The zero-order valence-electron chi connectivity index (χ0n) is 21.8. The number of hydrogen-bond acceptors (Lipinski definition) is 10. The second kappa shape index (κ2) is 13.1. The molecule has 2 aromatic heterocycles. The number of benzene rings is 1. The third-order valence-corrected chi connectivity index (χ3v) is 8.20. The lowest BCUT2D eigenvalue weighted by Gasteiger charge is -2.15. The van der Waals surface area contributed by atoms with Crippen LogP contribution in [-0.4, -0.2) is 80.4 Å². The number of imide groups is 1. The van der Waals surface area contributed by atoms with Gasteiger partial charge in [0.1, 0.15) is 5.75 Å². The van der Waals surface area contributed by atoms with Crippen LogP contribution in [0.2, 0.25) is 0 Å². The van der Waals surface area contributed by atoms with Crippen LogP contribution >= 0.6 is 23.5 Å². The molecule has 4 heterocycles. The molecule has 11 nitrogen and oxygen atoms in total. The molecular formula is C27H28N6O5S2. The van der Waals surface area contributed by atoms with Gasteiger partial charge in [-0.25, -0.2) is 0 Å². The lowest BCUT2D eigenvalue weighted by atomic mass is 10.2. The van der Waals surface area contributed by atoms with E-state index in [2.05, 4.69) is 20.5 Å². The zero-order valence-corrected chi connectivity index (χ0v) is 23.5. The monoisotopic (exact) mass is 580 g/mol. The third-order valence-electron chi connectivity index (χ3n) is 6.32. The smallest absolute Gasteiger partial charge is 0.293 e. The van der Waals surface area contributed by atoms with Crippen molar-refractivity contribution in [3.8, 4) is 17.1 Å². The van der Waals surface area contributed by atoms with Crippen molar-refractivity contribution < 1.29 is 23.9 Å². The first-order chi connectivity index (χ1) is 19.5. The lowest BCUT2D eigenvalue weighted by molar-refractivity contribution is -0.123. The summed E-state index contributed by atoms with van der Waals surface area (Å²) in [6, 6.07) is 11.1. The van der Waals surface area contributed by atoms with Gasteiger partial charge in [0.15, 0.2) is 11.0 Å². The molecule has 0 spiro atoms. The number of nitrogens with zero attached hydrogens (tertiary/aromatic N) is 5. The maximum absolute atomic E-state index is 12.7. The van der Waals surface area contributed by atoms with Gasteiger partial charge in [0.2, 0.25) is 5.91 Å². The summed E-state index contributed by atoms with van der Waals surface area (Å²) in [5, 5.41) is 11.8. The Morgan fingerprint density at radius 1 is 1.25 bits per heavy atom. The van der Waals surface area contributed by atoms with Crippen molar-refractivity contribution in [3.63, 3.8) is 0 Å². The highest BCUT2D eigenvalue weighted by molar-refractivity contribution is 8.18. The van der Waals surface area contributed by atoms with Crippen molar-refractivity contribution >= 4 is 46.7 Å². The second-order valence-corrected chi connectivity index (χ2v) is 11.0. The van der Waals surface area contributed by atoms with Crippen molar-refractivity contribution in [3.05, 3.63) is 59.3 Å². The molecule has 2 saturated heterocycles. The Balaban J connectivity index is 1.17. The van der Waals surface area contributed by atoms with Crippen molar-refractivity contribution in [1.82, 2.24) is 30.0 Å². The van der Waals surface area contributed by atoms with Gasteiger partial charge in [0, 0.05) is 37.7 Å². The molecule has 3 amide bonds. The number of ether oxygens (including phenoxy) is 2. The minimum absolute atomic E-state index is 0.0617. The molecule has 2 aliphatic rings. The fraction of sp³-hybridized carbons (Fsp3) is 0.333. The van der Waals surface area contributed by atoms with Crippen LogP contribution in [0.1, 0.15) is 18.4 Å². The van der Waals surface area contributed by atoms with E-state index in [1.54, 1.807) is 37.7 Å². The topological polar surface area (TPSA) is 129 Å². The molecule has 1 atom stereocenters. The van der Waals surface area contributed by atoms with Crippen LogP contribution in [0.4, 0.5) is 4.79 Å². The van der Waals surface area contributed by atoms with Gasteiger partial charge in [-0.15, -0.1) is 10.2 Å². The number of rotatable bonds is 11. The van der Waals surface area contributed by atoms with Gasteiger partial charge >= 0.3 is 0 Å². The molecule has 0 saturated carbocycles. The van der Waals surface area contributed by atoms with E-state index in [0.717, 1.165) is 53.0 Å². The van der Waals surface area contributed by atoms with E-state index in [0.29, 0.717) is 22.4 Å². The highest BCUT2D eigenvalue weighted by Gasteiger charge is 2.34. The first-order valence-corrected chi connectivity index (χ1v) is 14.6. The number of amides is 3. The number of aromatic nitrogens is 4. The van der Waals surface area contributed by atoms with Gasteiger partial charge in [-0.05, 0) is 66.6 Å². The average molecular weight is 581 g/mol. The summed E-state index contributed by atoms with van der Waals surface area (Å²) in [5.74, 6) is 0.933. The van der Waals surface area contributed by atoms with Gasteiger partial charge in [-0.2, -0.15) is 0 Å². The first kappa shape index (κ1) is 27.9. The van der Waals surface area contributed by atoms with Crippen molar-refractivity contribution in [1.29, 1.82) is 0 Å². The number of thioether (sulfide) groups is 2. The molecular weight excluding hydrogens is 552 g/mol. The van der Waals surface area contributed by atoms with E-state index >= 15 is 0 Å². The number of methoxy groups -OCH3 is 1. The quantitative estimate of drug-likeness (QED) is 0.266. The van der Waals surface area contributed by atoms with Crippen LogP contribution in [-0.2, 0) is 20.9 Å². The molecule has 0 aliphatic carbocycles. The molecule has 0 bridgehead atoms. The van der Waals surface area contributed by atoms with Crippen LogP contribution in [0.25, 0.3) is 17.5 Å². The Hall–Kier alpha value is -3.68. The summed E-state index contributed by atoms with van der Waals surface area (Å²) in [7, 11) is 1.62. The molecule has 1 aromatic carbocycles. The summed E-state index contributed by atoms with van der Waals surface area (Å²) in [6.45, 7) is 1.56. The first-order valence-electron chi connectivity index (χ1n) is 12.8. The Bertz CT molecular complexity index is 1390. The Morgan fingerprint density at radius 2 is 2.10 bits per heavy atom. The number of nitrogens with one attached hydrogen (secondary N) is 1. The normalized spacial score (nSPS) is 18.1. The summed E-state index contributed by atoms with van der Waals surface area (Å²) >= 11 is 2.16. The van der Waals surface area contributed by atoms with Crippen molar-refractivity contribution in [2.24, 2.45) is 0 Å². The van der Waals surface area contributed by atoms with E-state index in [9.17, 15) is 14.4 Å². The van der Waals surface area contributed by atoms with Crippen LogP contribution in [0.5, 0.6) is 5.75 Å². The van der Waals surface area contributed by atoms with Gasteiger partial charge in [-0.1, -0.05) is 17.8 Å². The van der Waals surface area contributed by atoms with E-state index in [1.165, 1.54) is 11.8 Å². The van der Waals surface area contributed by atoms with E-state index < -0.39 is 0 Å². The molecule has 2 fully saturated rings. The maximum Gasteiger partial charge on any atom is 0.293 e. The van der Waals surface area contributed by atoms with Crippen LogP contribution in [0.15, 0.2) is 58.9 Å². The highest BCUT2D eigenvalue weighted by atomic mass is 32.2. The van der Waals surface area contributed by atoms with E-state index in [1.807, 2.05) is 28.8 Å². The molecule has 5 rings (SSSR count). The predicted octanol–water partition coefficient (Wildman–Crippen LogP) is 3.47. The second-order valence-electron chi connectivity index (χ2n) is 9.04. The lowest BCUT2D eigenvalue weighted by Crippen LogP contribution is -2.37. The molecule has 2 aliphatic heterocycles. The van der Waals surface area contributed by atoms with Gasteiger partial charge in [0.25, 0.3) is 11.1 Å². The molecule has 0 radical (unpaired) electrons. The molecule has 208 valence electrons. The van der Waals surface area contributed by atoms with Crippen LogP contribution in [0, 0.1) is 0 Å². The largest absolute Gasteiger partial charge is 0.497 e. The molecule has 3 aromatic rings. The van der Waals surface area contributed by atoms with Gasteiger partial charge < -0.3 is 14.8 Å². The fourth-order valence-electron chi connectivity index (χ4n) is 4.30. The zero-order chi connectivity index (χ0) is 27.9. The summed E-state index contributed by atoms with van der Waals surface area (Å²) in [4.78, 5) is 43.2. The Labute approximate surface area is 239 Å². The molecule has 40 heavy (non-hydrogen) atoms. The molecule has 13 heteroatoms. The van der Waals surface area contributed by atoms with Crippen LogP contribution < -0.4 is 10.1 Å². The summed E-state index contributed by atoms with van der Waals surface area (Å²) in [5.41, 5.74) is 1.62. The minimum atomic E-state index is -0.379. The molecule has 1 N–H and O–H groups in total. The summed E-state index contributed by atoms with van der Waals surface area (Å²) < 4.78 is 13.1. The number of hydrogen-bond donors (Lipinski definition) is 1. The molecule has 1 unspecified atom stereocenters. The maximum atomic E-state index is 12.7. The van der Waals surface area contributed by atoms with E-state index in [4.69, 9.17) is 9.47 Å². The predicted molar refractivity (Wildman–Crippen MR) is 152 cm³/mol. The van der Waals surface area contributed by atoms with Gasteiger partial charge in [0.05, 0.1) is 30.4 Å². The van der Waals surface area contributed by atoms with E-state index in [-0.39, 0.29) is 42.0 Å². The highest BCUT2D eigenvalue weighted by Crippen LogP contribution is 2.32. The average Bonchev–Trinajstić information content (AvgIpc) is 3.70. The Morgan fingerprint density at radius 3 is 2.83 bits per heavy atom. The van der Waals surface area contributed by atoms with Gasteiger partial charge in [-0.3, -0.25) is 28.8 Å². The van der Waals surface area contributed by atoms with Crippen LogP contribution in [0.3, 0.4) is 0 Å². The third kappa shape index (κ3) is 6.72. The Kier molecular flexibility index (Phi) is 9.14. The number of pyridine rings is 1. The van der Waals surface area contributed by atoms with Crippen molar-refractivity contribution in [2.75, 3.05) is 32.6 Å². The number of carbonyl (C=O) groups excluding carboxylic acids is 3. The number of carbonyl (C=O) groups is 3. The minimum Gasteiger partial charge on any atom is -0.497 e. The SMILES string of the molecule is COc1ccc(-c2nnc(SCC(=O)NCCN3C(=O)SC(=Cc4cccnc4)C3=O)n2CC2CCCO2)cc1.